The lowest BCUT2D eigenvalue weighted by molar-refractivity contribution is -0.147. The fourth-order valence-corrected chi connectivity index (χ4v) is 3.33. The van der Waals surface area contributed by atoms with Gasteiger partial charge in [-0.2, -0.15) is 0 Å². The van der Waals surface area contributed by atoms with Gasteiger partial charge in [-0.15, -0.1) is 0 Å². The Morgan fingerprint density at radius 1 is 0.939 bits per heavy atom. The Morgan fingerprint density at radius 2 is 1.55 bits per heavy atom. The molecule has 0 bridgehead atoms. The van der Waals surface area contributed by atoms with E-state index in [9.17, 15) is 14.4 Å². The smallest absolute Gasteiger partial charge is 0.311 e. The lowest BCUT2D eigenvalue weighted by Crippen LogP contribution is -2.47. The van der Waals surface area contributed by atoms with Crippen LogP contribution in [0.3, 0.4) is 0 Å². The number of esters is 2. The second kappa shape index (κ2) is 13.3. The first-order valence-electron chi connectivity index (χ1n) is 11.9. The van der Waals surface area contributed by atoms with Crippen molar-refractivity contribution < 1.29 is 23.9 Å². The Hall–Kier alpha value is -2.45. The van der Waals surface area contributed by atoms with Gasteiger partial charge in [-0.3, -0.25) is 19.3 Å². The molecule has 1 amide bonds. The molecule has 8 nitrogen and oxygen atoms in total. The summed E-state index contributed by atoms with van der Waals surface area (Å²) in [6.07, 6.45) is 2.32. The zero-order valence-corrected chi connectivity index (χ0v) is 20.5. The second-order valence-electron chi connectivity index (χ2n) is 9.43. The normalized spacial score (nSPS) is 15.2. The minimum Gasteiger partial charge on any atom is -0.464 e. The molecule has 0 aromatic heterocycles. The van der Waals surface area contributed by atoms with Crippen LogP contribution in [0.15, 0.2) is 24.3 Å². The minimum absolute atomic E-state index is 0.0415. The first-order valence-corrected chi connectivity index (χ1v) is 11.9. The van der Waals surface area contributed by atoms with Crippen molar-refractivity contribution in [2.45, 2.75) is 53.4 Å². The molecular weight excluding hydrogens is 422 g/mol. The van der Waals surface area contributed by atoms with Crippen LogP contribution >= 0.6 is 0 Å². The van der Waals surface area contributed by atoms with Crippen LogP contribution in [0.2, 0.25) is 0 Å². The number of hydrogen-bond donors (Lipinski definition) is 1. The molecule has 1 fully saturated rings. The molecule has 1 saturated heterocycles. The molecule has 8 heteroatoms. The maximum Gasteiger partial charge on any atom is 0.311 e. The molecule has 0 saturated carbocycles. The van der Waals surface area contributed by atoms with Crippen molar-refractivity contribution >= 4 is 23.5 Å². The van der Waals surface area contributed by atoms with Crippen LogP contribution in [-0.4, -0.2) is 73.5 Å². The van der Waals surface area contributed by atoms with Crippen LogP contribution in [0, 0.1) is 5.41 Å². The summed E-state index contributed by atoms with van der Waals surface area (Å²) in [6, 6.07) is 6.74. The SMILES string of the molecule is CCCCN1CCN(CCOC(=O)CCC(=O)Oc2ccccc2NC(=O)C(C)(C)C)CC1. The minimum atomic E-state index is -0.580. The summed E-state index contributed by atoms with van der Waals surface area (Å²) < 4.78 is 10.7. The van der Waals surface area contributed by atoms with Gasteiger partial charge in [0, 0.05) is 38.1 Å². The molecule has 1 aromatic rings. The van der Waals surface area contributed by atoms with Gasteiger partial charge in [0.2, 0.25) is 5.91 Å². The van der Waals surface area contributed by atoms with E-state index in [1.807, 2.05) is 0 Å². The number of ether oxygens (including phenoxy) is 2. The molecule has 0 spiro atoms. The Kier molecular flexibility index (Phi) is 10.8. The number of piperazine rings is 1. The molecule has 184 valence electrons. The highest BCUT2D eigenvalue weighted by Crippen LogP contribution is 2.26. The highest BCUT2D eigenvalue weighted by atomic mass is 16.5. The van der Waals surface area contributed by atoms with Crippen LogP contribution in [0.25, 0.3) is 0 Å². The Balaban J connectivity index is 1.67. The van der Waals surface area contributed by atoms with E-state index in [4.69, 9.17) is 9.47 Å². The van der Waals surface area contributed by atoms with Gasteiger partial charge in [-0.25, -0.2) is 0 Å². The van der Waals surface area contributed by atoms with Gasteiger partial charge in [0.05, 0.1) is 18.5 Å². The van der Waals surface area contributed by atoms with Gasteiger partial charge in [0.15, 0.2) is 5.75 Å². The second-order valence-corrected chi connectivity index (χ2v) is 9.43. The molecule has 0 radical (unpaired) electrons. The number of rotatable bonds is 11. The van der Waals surface area contributed by atoms with Crippen molar-refractivity contribution in [3.8, 4) is 5.75 Å². The third-order valence-corrected chi connectivity index (χ3v) is 5.54. The molecule has 1 N–H and O–H groups in total. The van der Waals surface area contributed by atoms with Gasteiger partial charge >= 0.3 is 11.9 Å². The van der Waals surface area contributed by atoms with Crippen LogP contribution < -0.4 is 10.1 Å². The highest BCUT2D eigenvalue weighted by molar-refractivity contribution is 5.96. The predicted molar refractivity (Wildman–Crippen MR) is 128 cm³/mol. The number of amides is 1. The molecule has 0 unspecified atom stereocenters. The van der Waals surface area contributed by atoms with Crippen LogP contribution in [-0.2, 0) is 19.1 Å². The summed E-state index contributed by atoms with van der Waals surface area (Å²) in [7, 11) is 0. The average molecular weight is 462 g/mol. The summed E-state index contributed by atoms with van der Waals surface area (Å²) in [6.45, 7) is 13.9. The molecule has 0 atom stereocenters. The first kappa shape index (κ1) is 26.8. The Labute approximate surface area is 197 Å². The summed E-state index contributed by atoms with van der Waals surface area (Å²) in [5.74, 6) is -0.890. The van der Waals surface area contributed by atoms with Crippen molar-refractivity contribution in [3.05, 3.63) is 24.3 Å². The lowest BCUT2D eigenvalue weighted by atomic mass is 9.95. The van der Waals surface area contributed by atoms with E-state index >= 15 is 0 Å². The number of hydrogen-bond acceptors (Lipinski definition) is 7. The first-order chi connectivity index (χ1) is 15.7. The molecule has 2 rings (SSSR count). The molecular formula is C25H39N3O5. The zero-order valence-electron chi connectivity index (χ0n) is 20.5. The van der Waals surface area contributed by atoms with Gasteiger partial charge in [-0.05, 0) is 25.1 Å². The molecule has 1 aliphatic heterocycles. The Morgan fingerprint density at radius 3 is 2.18 bits per heavy atom. The largest absolute Gasteiger partial charge is 0.464 e. The fraction of sp³-hybridized carbons (Fsp3) is 0.640. The van der Waals surface area contributed by atoms with Crippen LogP contribution in [0.4, 0.5) is 5.69 Å². The summed E-state index contributed by atoms with van der Waals surface area (Å²) in [5.41, 5.74) is -0.160. The number of nitrogens with one attached hydrogen (secondary N) is 1. The summed E-state index contributed by atoms with van der Waals surface area (Å²) >= 11 is 0. The van der Waals surface area contributed by atoms with E-state index < -0.39 is 17.4 Å². The molecule has 33 heavy (non-hydrogen) atoms. The topological polar surface area (TPSA) is 88.2 Å². The van der Waals surface area contributed by atoms with Crippen molar-refractivity contribution in [2.24, 2.45) is 5.41 Å². The fourth-order valence-electron chi connectivity index (χ4n) is 3.33. The van der Waals surface area contributed by atoms with E-state index in [-0.39, 0.29) is 24.5 Å². The zero-order chi connectivity index (χ0) is 24.3. The van der Waals surface area contributed by atoms with E-state index in [1.54, 1.807) is 45.0 Å². The number of carbonyl (C=O) groups excluding carboxylic acids is 3. The number of anilines is 1. The predicted octanol–water partition coefficient (Wildman–Crippen LogP) is 3.32. The summed E-state index contributed by atoms with van der Waals surface area (Å²) in [4.78, 5) is 41.3. The third kappa shape index (κ3) is 9.92. The van der Waals surface area contributed by atoms with Crippen molar-refractivity contribution in [2.75, 3.05) is 51.2 Å². The van der Waals surface area contributed by atoms with Crippen molar-refractivity contribution in [3.63, 3.8) is 0 Å². The van der Waals surface area contributed by atoms with E-state index in [2.05, 4.69) is 22.0 Å². The van der Waals surface area contributed by atoms with Crippen LogP contribution in [0.5, 0.6) is 5.75 Å². The van der Waals surface area contributed by atoms with Gasteiger partial charge < -0.3 is 19.7 Å². The van der Waals surface area contributed by atoms with Gasteiger partial charge in [0.25, 0.3) is 0 Å². The third-order valence-electron chi connectivity index (χ3n) is 5.54. The number of benzene rings is 1. The van der Waals surface area contributed by atoms with Gasteiger partial charge in [0.1, 0.15) is 6.61 Å². The van der Waals surface area contributed by atoms with Crippen molar-refractivity contribution in [1.29, 1.82) is 0 Å². The number of unbranched alkanes of at least 4 members (excludes halogenated alkanes) is 1. The van der Waals surface area contributed by atoms with Crippen LogP contribution in [0.1, 0.15) is 53.4 Å². The maximum absolute atomic E-state index is 12.2. The van der Waals surface area contributed by atoms with E-state index in [0.29, 0.717) is 18.8 Å². The monoisotopic (exact) mass is 461 g/mol. The number of carbonyl (C=O) groups is 3. The number of para-hydroxylation sites is 2. The maximum atomic E-state index is 12.2. The average Bonchev–Trinajstić information content (AvgIpc) is 2.78. The molecule has 1 aliphatic rings. The van der Waals surface area contributed by atoms with Gasteiger partial charge in [-0.1, -0.05) is 46.2 Å². The van der Waals surface area contributed by atoms with E-state index in [1.165, 1.54) is 12.8 Å². The number of nitrogens with zero attached hydrogens (tertiary/aromatic N) is 2. The van der Waals surface area contributed by atoms with E-state index in [0.717, 1.165) is 32.7 Å². The molecule has 1 heterocycles. The van der Waals surface area contributed by atoms with Crippen molar-refractivity contribution in [1.82, 2.24) is 9.80 Å². The standard InChI is InChI=1S/C25H39N3O5/c1-5-6-13-27-14-16-28(17-15-27)18-19-32-22(29)11-12-23(30)33-21-10-8-7-9-20(21)26-24(31)25(2,3)4/h7-10H,5-6,11-19H2,1-4H3,(H,26,31). The molecule has 1 aromatic carbocycles. The quantitative estimate of drug-likeness (QED) is 0.399. The Bertz CT molecular complexity index is 782. The summed E-state index contributed by atoms with van der Waals surface area (Å²) in [5, 5.41) is 2.78. The molecule has 0 aliphatic carbocycles. The highest BCUT2D eigenvalue weighted by Gasteiger charge is 2.23. The lowest BCUT2D eigenvalue weighted by Gasteiger charge is -2.34.